The van der Waals surface area contributed by atoms with Gasteiger partial charge in [-0.15, -0.1) is 0 Å². The van der Waals surface area contributed by atoms with Crippen LogP contribution in [0.25, 0.3) is 10.9 Å². The van der Waals surface area contributed by atoms with E-state index in [-0.39, 0.29) is 0 Å². The summed E-state index contributed by atoms with van der Waals surface area (Å²) in [4.78, 5) is 9.36. The van der Waals surface area contributed by atoms with Crippen molar-refractivity contribution in [2.45, 2.75) is 26.4 Å². The molecule has 1 aromatic carbocycles. The fourth-order valence-corrected chi connectivity index (χ4v) is 4.87. The van der Waals surface area contributed by atoms with Crippen molar-refractivity contribution < 1.29 is 8.95 Å². The Morgan fingerprint density at radius 1 is 1.28 bits per heavy atom. The van der Waals surface area contributed by atoms with Crippen LogP contribution in [-0.4, -0.2) is 56.9 Å². The maximum absolute atomic E-state index is 11.6. The number of ether oxygens (including phenoxy) is 1. The number of hydrogen-bond acceptors (Lipinski definition) is 5. The van der Waals surface area contributed by atoms with E-state index in [2.05, 4.69) is 33.8 Å². The Morgan fingerprint density at radius 3 is 2.92 bits per heavy atom. The fourth-order valence-electron chi connectivity index (χ4n) is 3.74. The van der Waals surface area contributed by atoms with Gasteiger partial charge in [0.1, 0.15) is 12.2 Å². The van der Waals surface area contributed by atoms with Crippen molar-refractivity contribution in [2.75, 3.05) is 37.9 Å². The summed E-state index contributed by atoms with van der Waals surface area (Å²) < 4.78 is 17.7. The van der Waals surface area contributed by atoms with E-state index in [0.29, 0.717) is 6.73 Å². The molecule has 0 N–H and O–H groups in total. The first kappa shape index (κ1) is 16.9. The van der Waals surface area contributed by atoms with E-state index in [4.69, 9.17) is 4.74 Å². The molecule has 0 spiro atoms. The third kappa shape index (κ3) is 3.57. The van der Waals surface area contributed by atoms with Crippen molar-refractivity contribution in [2.24, 2.45) is 0 Å². The van der Waals surface area contributed by atoms with Crippen molar-refractivity contribution in [1.82, 2.24) is 14.8 Å². The van der Waals surface area contributed by atoms with E-state index >= 15 is 0 Å². The number of pyridine rings is 1. The van der Waals surface area contributed by atoms with E-state index in [1.807, 2.05) is 12.3 Å². The molecule has 0 bridgehead atoms. The Bertz CT molecular complexity index is 786. The van der Waals surface area contributed by atoms with Gasteiger partial charge in [-0.2, -0.15) is 0 Å². The van der Waals surface area contributed by atoms with E-state index in [1.165, 1.54) is 16.5 Å². The Kier molecular flexibility index (Phi) is 5.01. The maximum atomic E-state index is 11.6. The molecule has 0 radical (unpaired) electrons. The molecule has 2 aliphatic rings. The first-order chi connectivity index (χ1) is 12.2. The molecule has 0 saturated carbocycles. The standard InChI is InChI=1S/C19H25N3O2S/c1-2-6-22-13-16-11-15(12-21-7-9-25(23)10-8-21)17-4-3-5-20-18(17)19(16)24-14-22/h3-5,11H,2,6-10,12-14H2,1H3. The topological polar surface area (TPSA) is 45.7 Å². The van der Waals surface area contributed by atoms with E-state index < -0.39 is 10.8 Å². The number of hydrogen-bond donors (Lipinski definition) is 0. The summed E-state index contributed by atoms with van der Waals surface area (Å²) in [7, 11) is -0.636. The lowest BCUT2D eigenvalue weighted by atomic mass is 10.0. The van der Waals surface area contributed by atoms with Crippen LogP contribution in [0.5, 0.6) is 5.75 Å². The van der Waals surface area contributed by atoms with E-state index in [0.717, 1.165) is 61.9 Å². The molecular weight excluding hydrogens is 334 g/mol. The number of nitrogens with zero attached hydrogens (tertiary/aromatic N) is 3. The summed E-state index contributed by atoms with van der Waals surface area (Å²) in [6.07, 6.45) is 2.97. The number of aromatic nitrogens is 1. The predicted molar refractivity (Wildman–Crippen MR) is 101 cm³/mol. The van der Waals surface area contributed by atoms with Crippen LogP contribution in [-0.2, 0) is 23.9 Å². The molecule has 1 saturated heterocycles. The van der Waals surface area contributed by atoms with Gasteiger partial charge in [-0.3, -0.25) is 19.0 Å². The van der Waals surface area contributed by atoms with Crippen LogP contribution in [0.3, 0.4) is 0 Å². The highest BCUT2D eigenvalue weighted by atomic mass is 32.2. The highest BCUT2D eigenvalue weighted by Gasteiger charge is 2.23. The van der Waals surface area contributed by atoms with Crippen LogP contribution in [0.2, 0.25) is 0 Å². The minimum absolute atomic E-state index is 0.636. The van der Waals surface area contributed by atoms with Gasteiger partial charge in [0.25, 0.3) is 0 Å². The predicted octanol–water partition coefficient (Wildman–Crippen LogP) is 2.36. The van der Waals surface area contributed by atoms with Crippen LogP contribution in [0, 0.1) is 0 Å². The van der Waals surface area contributed by atoms with E-state index in [9.17, 15) is 4.21 Å². The minimum atomic E-state index is -0.636. The molecule has 0 amide bonds. The fraction of sp³-hybridized carbons (Fsp3) is 0.526. The normalized spacial score (nSPS) is 19.7. The Labute approximate surface area is 151 Å². The highest BCUT2D eigenvalue weighted by molar-refractivity contribution is 7.85. The highest BCUT2D eigenvalue weighted by Crippen LogP contribution is 2.35. The first-order valence-corrected chi connectivity index (χ1v) is 10.6. The summed E-state index contributed by atoms with van der Waals surface area (Å²) >= 11 is 0. The largest absolute Gasteiger partial charge is 0.475 e. The molecule has 2 aromatic rings. The summed E-state index contributed by atoms with van der Waals surface area (Å²) in [5.74, 6) is 2.52. The summed E-state index contributed by atoms with van der Waals surface area (Å²) in [5, 5.41) is 1.18. The molecule has 25 heavy (non-hydrogen) atoms. The first-order valence-electron chi connectivity index (χ1n) is 9.06. The molecule has 1 fully saturated rings. The smallest absolute Gasteiger partial charge is 0.152 e. The summed E-state index contributed by atoms with van der Waals surface area (Å²) in [6, 6.07) is 6.43. The van der Waals surface area contributed by atoms with Gasteiger partial charge in [0.15, 0.2) is 5.75 Å². The molecule has 2 aliphatic heterocycles. The molecule has 1 aromatic heterocycles. The van der Waals surface area contributed by atoms with Gasteiger partial charge in [0.05, 0.1) is 0 Å². The molecule has 0 atom stereocenters. The molecule has 134 valence electrons. The third-order valence-corrected chi connectivity index (χ3v) is 6.27. The van der Waals surface area contributed by atoms with Crippen molar-refractivity contribution in [3.8, 4) is 5.75 Å². The van der Waals surface area contributed by atoms with Crippen molar-refractivity contribution in [3.05, 3.63) is 35.5 Å². The molecule has 5 nitrogen and oxygen atoms in total. The zero-order chi connectivity index (χ0) is 17.2. The quantitative estimate of drug-likeness (QED) is 0.839. The van der Waals surface area contributed by atoms with Gasteiger partial charge in [-0.25, -0.2) is 0 Å². The number of benzene rings is 1. The van der Waals surface area contributed by atoms with Crippen LogP contribution in [0.4, 0.5) is 0 Å². The van der Waals surface area contributed by atoms with Gasteiger partial charge >= 0.3 is 0 Å². The average molecular weight is 359 g/mol. The van der Waals surface area contributed by atoms with Crippen molar-refractivity contribution >= 4 is 21.7 Å². The maximum Gasteiger partial charge on any atom is 0.152 e. The SMILES string of the molecule is CCCN1COc2c(cc(CN3CCS(=O)CC3)c3cccnc23)C1. The lowest BCUT2D eigenvalue weighted by molar-refractivity contribution is 0.0969. The Morgan fingerprint density at radius 2 is 2.12 bits per heavy atom. The Hall–Kier alpha value is -1.50. The van der Waals surface area contributed by atoms with Gasteiger partial charge in [-0.1, -0.05) is 13.0 Å². The zero-order valence-electron chi connectivity index (χ0n) is 14.7. The van der Waals surface area contributed by atoms with Gasteiger partial charge in [-0.05, 0) is 24.1 Å². The molecule has 0 unspecified atom stereocenters. The second-order valence-electron chi connectivity index (χ2n) is 6.87. The zero-order valence-corrected chi connectivity index (χ0v) is 15.6. The number of rotatable bonds is 4. The molecule has 6 heteroatoms. The average Bonchev–Trinajstić information content (AvgIpc) is 2.64. The van der Waals surface area contributed by atoms with Gasteiger partial charge < -0.3 is 4.74 Å². The lowest BCUT2D eigenvalue weighted by Gasteiger charge is -2.31. The Balaban J connectivity index is 1.68. The van der Waals surface area contributed by atoms with Gasteiger partial charge in [0.2, 0.25) is 0 Å². The molecular formula is C19H25N3O2S. The minimum Gasteiger partial charge on any atom is -0.475 e. The van der Waals surface area contributed by atoms with Crippen LogP contribution in [0.1, 0.15) is 24.5 Å². The monoisotopic (exact) mass is 359 g/mol. The van der Waals surface area contributed by atoms with Gasteiger partial charge in [0, 0.05) is 72.2 Å². The van der Waals surface area contributed by atoms with Crippen LogP contribution < -0.4 is 4.74 Å². The van der Waals surface area contributed by atoms with E-state index in [1.54, 1.807) is 0 Å². The van der Waals surface area contributed by atoms with Crippen molar-refractivity contribution in [3.63, 3.8) is 0 Å². The second-order valence-corrected chi connectivity index (χ2v) is 8.57. The van der Waals surface area contributed by atoms with Crippen molar-refractivity contribution in [1.29, 1.82) is 0 Å². The number of fused-ring (bicyclic) bond motifs is 3. The second kappa shape index (κ2) is 7.40. The molecule has 0 aliphatic carbocycles. The lowest BCUT2D eigenvalue weighted by Crippen LogP contribution is -2.37. The molecule has 3 heterocycles. The summed E-state index contributed by atoms with van der Waals surface area (Å²) in [5.41, 5.74) is 3.52. The molecule has 4 rings (SSSR count). The summed E-state index contributed by atoms with van der Waals surface area (Å²) in [6.45, 7) is 7.51. The van der Waals surface area contributed by atoms with Crippen LogP contribution in [0.15, 0.2) is 24.4 Å². The third-order valence-electron chi connectivity index (χ3n) is 5.00. The van der Waals surface area contributed by atoms with Crippen LogP contribution >= 0.6 is 0 Å².